The normalized spacial score (nSPS) is 42.4. The topological polar surface area (TPSA) is 30.8 Å². The van der Waals surface area contributed by atoms with Crippen LogP contribution in [0.1, 0.15) is 39.0 Å². The summed E-state index contributed by atoms with van der Waals surface area (Å²) in [5, 5.41) is 4.13. The van der Waals surface area contributed by atoms with Crippen molar-refractivity contribution in [3.63, 3.8) is 0 Å². The fraction of sp³-hybridized carbons (Fsp3) is 0.923. The highest BCUT2D eigenvalue weighted by Gasteiger charge is 2.58. The Morgan fingerprint density at radius 1 is 1.35 bits per heavy atom. The average molecular weight is 239 g/mol. The van der Waals surface area contributed by atoms with E-state index in [-0.39, 0.29) is 5.60 Å². The highest BCUT2D eigenvalue weighted by molar-refractivity contribution is 5.78. The van der Waals surface area contributed by atoms with Crippen LogP contribution in [0.4, 0.5) is 0 Å². The Labute approximate surface area is 103 Å². The van der Waals surface area contributed by atoms with E-state index in [0.29, 0.717) is 6.61 Å². The molecule has 0 amide bonds. The third-order valence-corrected chi connectivity index (χ3v) is 5.06. The standard InChI is InChI=1S/C13H23N2O2/c1-4-16-12-9-13(17-14-12)7-10-5-6-11(8-13)15(10,2)3/h10-11H,4-9H2,1-3H3/q+1/t10-,11+,13?. The third kappa shape index (κ3) is 1.65. The monoisotopic (exact) mass is 239 g/mol. The average Bonchev–Trinajstić information content (AvgIpc) is 2.67. The van der Waals surface area contributed by atoms with Crippen LogP contribution in [0.15, 0.2) is 5.16 Å². The molecule has 1 unspecified atom stereocenters. The Kier molecular flexibility index (Phi) is 2.41. The summed E-state index contributed by atoms with van der Waals surface area (Å²) >= 11 is 0. The molecule has 0 saturated carbocycles. The minimum Gasteiger partial charge on any atom is -0.479 e. The first kappa shape index (κ1) is 11.3. The second kappa shape index (κ2) is 3.61. The molecule has 0 aromatic carbocycles. The third-order valence-electron chi connectivity index (χ3n) is 5.06. The number of hydrogen-bond donors (Lipinski definition) is 0. The molecule has 96 valence electrons. The lowest BCUT2D eigenvalue weighted by Gasteiger charge is -2.47. The zero-order chi connectivity index (χ0) is 12.1. The van der Waals surface area contributed by atoms with Crippen LogP contribution in [-0.2, 0) is 9.57 Å². The molecule has 0 aliphatic carbocycles. The van der Waals surface area contributed by atoms with Crippen molar-refractivity contribution in [1.29, 1.82) is 0 Å². The van der Waals surface area contributed by atoms with E-state index >= 15 is 0 Å². The molecule has 17 heavy (non-hydrogen) atoms. The van der Waals surface area contributed by atoms with Crippen molar-refractivity contribution in [2.45, 2.75) is 56.7 Å². The van der Waals surface area contributed by atoms with Crippen LogP contribution in [0, 0.1) is 0 Å². The predicted molar refractivity (Wildman–Crippen MR) is 65.6 cm³/mol. The van der Waals surface area contributed by atoms with Gasteiger partial charge in [0.15, 0.2) is 5.60 Å². The molecule has 0 N–H and O–H groups in total. The van der Waals surface area contributed by atoms with Crippen molar-refractivity contribution in [3.8, 4) is 0 Å². The SMILES string of the molecule is CCOC1=NOC2(C1)C[C@H]1CC[C@@H](C2)[N+]1(C)C. The lowest BCUT2D eigenvalue weighted by molar-refractivity contribution is -0.932. The number of nitrogens with zero attached hydrogens (tertiary/aromatic N) is 2. The molecular weight excluding hydrogens is 216 g/mol. The Hall–Kier alpha value is -0.770. The van der Waals surface area contributed by atoms with Crippen molar-refractivity contribution in [2.75, 3.05) is 20.7 Å². The molecular formula is C13H23N2O2+. The number of hydrogen-bond acceptors (Lipinski definition) is 3. The summed E-state index contributed by atoms with van der Waals surface area (Å²) in [6.07, 6.45) is 5.83. The first-order valence-electron chi connectivity index (χ1n) is 6.77. The molecule has 3 heterocycles. The van der Waals surface area contributed by atoms with Crippen molar-refractivity contribution in [1.82, 2.24) is 0 Å². The minimum absolute atomic E-state index is 0.0376. The fourth-order valence-electron chi connectivity index (χ4n) is 3.92. The van der Waals surface area contributed by atoms with Gasteiger partial charge >= 0.3 is 0 Å². The van der Waals surface area contributed by atoms with Gasteiger partial charge in [0.1, 0.15) is 0 Å². The molecule has 0 aromatic heterocycles. The molecule has 2 saturated heterocycles. The number of rotatable bonds is 1. The molecule has 3 atom stereocenters. The molecule has 4 heteroatoms. The van der Waals surface area contributed by atoms with Crippen LogP contribution < -0.4 is 0 Å². The van der Waals surface area contributed by atoms with Gasteiger partial charge in [0.2, 0.25) is 5.90 Å². The molecule has 3 rings (SSSR count). The summed E-state index contributed by atoms with van der Waals surface area (Å²) < 4.78 is 6.67. The number of ether oxygens (including phenoxy) is 1. The van der Waals surface area contributed by atoms with Crippen LogP contribution in [-0.4, -0.2) is 48.8 Å². The van der Waals surface area contributed by atoms with E-state index in [4.69, 9.17) is 9.57 Å². The molecule has 0 radical (unpaired) electrons. The highest BCUT2D eigenvalue weighted by Crippen LogP contribution is 2.48. The van der Waals surface area contributed by atoms with E-state index in [2.05, 4.69) is 19.3 Å². The largest absolute Gasteiger partial charge is 0.479 e. The van der Waals surface area contributed by atoms with Crippen molar-refractivity contribution in [3.05, 3.63) is 0 Å². The van der Waals surface area contributed by atoms with E-state index < -0.39 is 0 Å². The quantitative estimate of drug-likeness (QED) is 0.654. The second-order valence-corrected chi connectivity index (χ2v) is 6.29. The fourth-order valence-corrected chi connectivity index (χ4v) is 3.92. The van der Waals surface area contributed by atoms with Crippen LogP contribution in [0.2, 0.25) is 0 Å². The summed E-state index contributed by atoms with van der Waals surface area (Å²) in [6.45, 7) is 2.69. The van der Waals surface area contributed by atoms with Gasteiger partial charge in [0.05, 0.1) is 39.2 Å². The minimum atomic E-state index is -0.0376. The van der Waals surface area contributed by atoms with E-state index in [1.165, 1.54) is 17.3 Å². The lowest BCUT2D eigenvalue weighted by atomic mass is 9.82. The van der Waals surface area contributed by atoms with Gasteiger partial charge in [-0.05, 0) is 6.92 Å². The summed E-state index contributed by atoms with van der Waals surface area (Å²) in [5.41, 5.74) is -0.0376. The van der Waals surface area contributed by atoms with Crippen molar-refractivity contribution >= 4 is 5.90 Å². The van der Waals surface area contributed by atoms with Gasteiger partial charge in [0, 0.05) is 25.7 Å². The maximum atomic E-state index is 5.77. The maximum absolute atomic E-state index is 5.77. The number of piperidine rings is 1. The van der Waals surface area contributed by atoms with Crippen LogP contribution in [0.5, 0.6) is 0 Å². The Balaban J connectivity index is 1.73. The molecule has 2 bridgehead atoms. The lowest BCUT2D eigenvalue weighted by Crippen LogP contribution is -2.59. The van der Waals surface area contributed by atoms with E-state index in [1.807, 2.05) is 6.92 Å². The summed E-state index contributed by atoms with van der Waals surface area (Å²) in [7, 11) is 4.74. The van der Waals surface area contributed by atoms with E-state index in [1.54, 1.807) is 0 Å². The number of oxime groups is 1. The van der Waals surface area contributed by atoms with E-state index in [9.17, 15) is 0 Å². The summed E-state index contributed by atoms with van der Waals surface area (Å²) in [4.78, 5) is 5.77. The summed E-state index contributed by atoms with van der Waals surface area (Å²) in [5.74, 6) is 0.805. The second-order valence-electron chi connectivity index (χ2n) is 6.29. The molecule has 2 fully saturated rings. The maximum Gasteiger partial charge on any atom is 0.229 e. The van der Waals surface area contributed by atoms with E-state index in [0.717, 1.165) is 37.2 Å². The van der Waals surface area contributed by atoms with Crippen molar-refractivity contribution in [2.24, 2.45) is 5.16 Å². The van der Waals surface area contributed by atoms with Gasteiger partial charge in [-0.1, -0.05) is 5.16 Å². The Morgan fingerprint density at radius 2 is 2.00 bits per heavy atom. The van der Waals surface area contributed by atoms with Crippen LogP contribution >= 0.6 is 0 Å². The Bertz CT molecular complexity index is 335. The van der Waals surface area contributed by atoms with Crippen LogP contribution in [0.25, 0.3) is 0 Å². The molecule has 1 spiro atoms. The zero-order valence-corrected chi connectivity index (χ0v) is 11.1. The zero-order valence-electron chi connectivity index (χ0n) is 11.1. The van der Waals surface area contributed by atoms with Crippen molar-refractivity contribution < 1.29 is 14.1 Å². The molecule has 4 nitrogen and oxygen atoms in total. The molecule has 3 aliphatic heterocycles. The number of fused-ring (bicyclic) bond motifs is 2. The first-order chi connectivity index (χ1) is 8.06. The smallest absolute Gasteiger partial charge is 0.229 e. The van der Waals surface area contributed by atoms with Gasteiger partial charge in [-0.15, -0.1) is 0 Å². The summed E-state index contributed by atoms with van der Waals surface area (Å²) in [6, 6.07) is 1.48. The number of quaternary nitrogens is 1. The van der Waals surface area contributed by atoms with Gasteiger partial charge in [-0.3, -0.25) is 0 Å². The Morgan fingerprint density at radius 3 is 2.59 bits per heavy atom. The van der Waals surface area contributed by atoms with Gasteiger partial charge < -0.3 is 14.1 Å². The molecule has 3 aliphatic rings. The van der Waals surface area contributed by atoms with Crippen LogP contribution in [0.3, 0.4) is 0 Å². The molecule has 0 aromatic rings. The van der Waals surface area contributed by atoms with Gasteiger partial charge in [-0.2, -0.15) is 0 Å². The van der Waals surface area contributed by atoms with Gasteiger partial charge in [-0.25, -0.2) is 0 Å². The highest BCUT2D eigenvalue weighted by atomic mass is 16.7. The first-order valence-corrected chi connectivity index (χ1v) is 6.77. The van der Waals surface area contributed by atoms with Gasteiger partial charge in [0.25, 0.3) is 0 Å². The predicted octanol–water partition coefficient (Wildman–Crippen LogP) is 1.90.